The molecular weight excluding hydrogens is 259 g/mol. The SMILES string of the molecule is COc1ccc(-n2cc(C)nn2)c(CN)c1F.Cl. The van der Waals surface area contributed by atoms with Gasteiger partial charge < -0.3 is 10.5 Å². The van der Waals surface area contributed by atoms with Crippen LogP contribution in [0.25, 0.3) is 5.69 Å². The Balaban J connectivity index is 0.00000162. The first-order valence-corrected chi connectivity index (χ1v) is 5.12. The number of nitrogens with two attached hydrogens (primary N) is 1. The maximum absolute atomic E-state index is 14.0. The first kappa shape index (κ1) is 14.4. The van der Waals surface area contributed by atoms with E-state index in [0.29, 0.717) is 11.3 Å². The van der Waals surface area contributed by atoms with E-state index >= 15 is 0 Å². The van der Waals surface area contributed by atoms with Crippen molar-refractivity contribution in [1.29, 1.82) is 0 Å². The molecule has 0 aliphatic carbocycles. The lowest BCUT2D eigenvalue weighted by Crippen LogP contribution is -2.09. The van der Waals surface area contributed by atoms with E-state index in [-0.39, 0.29) is 24.7 Å². The molecule has 0 radical (unpaired) electrons. The molecule has 1 heterocycles. The van der Waals surface area contributed by atoms with Crippen molar-refractivity contribution in [3.05, 3.63) is 35.4 Å². The van der Waals surface area contributed by atoms with Gasteiger partial charge in [-0.3, -0.25) is 0 Å². The molecule has 98 valence electrons. The summed E-state index contributed by atoms with van der Waals surface area (Å²) in [6, 6.07) is 3.25. The van der Waals surface area contributed by atoms with Crippen LogP contribution in [0.2, 0.25) is 0 Å². The summed E-state index contributed by atoms with van der Waals surface area (Å²) in [5.74, 6) is -0.285. The Labute approximate surface area is 110 Å². The van der Waals surface area contributed by atoms with Crippen molar-refractivity contribution in [3.63, 3.8) is 0 Å². The largest absolute Gasteiger partial charge is 0.494 e. The van der Waals surface area contributed by atoms with Crippen molar-refractivity contribution in [2.45, 2.75) is 13.5 Å². The molecule has 0 atom stereocenters. The smallest absolute Gasteiger partial charge is 0.171 e. The molecule has 0 aliphatic rings. The number of rotatable bonds is 3. The van der Waals surface area contributed by atoms with Crippen molar-refractivity contribution in [3.8, 4) is 11.4 Å². The van der Waals surface area contributed by atoms with Gasteiger partial charge in [-0.15, -0.1) is 17.5 Å². The third-order valence-corrected chi connectivity index (χ3v) is 2.46. The topological polar surface area (TPSA) is 66.0 Å². The highest BCUT2D eigenvalue weighted by Crippen LogP contribution is 2.25. The molecule has 2 aromatic rings. The molecule has 1 aromatic heterocycles. The summed E-state index contributed by atoms with van der Waals surface area (Å²) in [4.78, 5) is 0. The molecule has 0 spiro atoms. The molecule has 1 aromatic carbocycles. The Morgan fingerprint density at radius 1 is 1.44 bits per heavy atom. The Bertz CT molecular complexity index is 544. The second-order valence-electron chi connectivity index (χ2n) is 3.59. The molecular formula is C11H14ClFN4O. The van der Waals surface area contributed by atoms with Crippen molar-refractivity contribution >= 4 is 12.4 Å². The number of ether oxygens (including phenoxy) is 1. The summed E-state index contributed by atoms with van der Waals surface area (Å²) >= 11 is 0. The average Bonchev–Trinajstić information content (AvgIpc) is 2.75. The molecule has 5 nitrogen and oxygen atoms in total. The van der Waals surface area contributed by atoms with E-state index in [1.165, 1.54) is 11.8 Å². The number of methoxy groups -OCH3 is 1. The summed E-state index contributed by atoms with van der Waals surface area (Å²) in [6.45, 7) is 1.88. The fourth-order valence-corrected chi connectivity index (χ4v) is 1.62. The van der Waals surface area contributed by atoms with Gasteiger partial charge in [0.1, 0.15) is 0 Å². The minimum Gasteiger partial charge on any atom is -0.494 e. The van der Waals surface area contributed by atoms with Crippen LogP contribution in [-0.2, 0) is 6.54 Å². The number of aromatic nitrogens is 3. The van der Waals surface area contributed by atoms with Crippen molar-refractivity contribution < 1.29 is 9.13 Å². The van der Waals surface area contributed by atoms with Gasteiger partial charge in [0.25, 0.3) is 0 Å². The zero-order chi connectivity index (χ0) is 12.4. The normalized spacial score (nSPS) is 10.0. The molecule has 0 saturated carbocycles. The molecule has 0 amide bonds. The average molecular weight is 273 g/mol. The maximum Gasteiger partial charge on any atom is 0.171 e. The number of aryl methyl sites for hydroxylation is 1. The molecule has 0 bridgehead atoms. The van der Waals surface area contributed by atoms with Gasteiger partial charge in [-0.05, 0) is 19.1 Å². The highest BCUT2D eigenvalue weighted by atomic mass is 35.5. The van der Waals surface area contributed by atoms with Crippen molar-refractivity contribution in [1.82, 2.24) is 15.0 Å². The summed E-state index contributed by atoms with van der Waals surface area (Å²) in [6.07, 6.45) is 1.71. The summed E-state index contributed by atoms with van der Waals surface area (Å²) in [5, 5.41) is 7.75. The maximum atomic E-state index is 14.0. The first-order chi connectivity index (χ1) is 8.17. The zero-order valence-corrected chi connectivity index (χ0v) is 10.9. The van der Waals surface area contributed by atoms with Crippen LogP contribution >= 0.6 is 12.4 Å². The van der Waals surface area contributed by atoms with Crippen LogP contribution in [0.1, 0.15) is 11.3 Å². The van der Waals surface area contributed by atoms with Gasteiger partial charge in [0, 0.05) is 12.1 Å². The van der Waals surface area contributed by atoms with Gasteiger partial charge in [0.05, 0.1) is 24.7 Å². The van der Waals surface area contributed by atoms with Gasteiger partial charge in [0.15, 0.2) is 11.6 Å². The highest BCUT2D eigenvalue weighted by Gasteiger charge is 2.14. The van der Waals surface area contributed by atoms with E-state index in [2.05, 4.69) is 10.3 Å². The van der Waals surface area contributed by atoms with Crippen LogP contribution < -0.4 is 10.5 Å². The highest BCUT2D eigenvalue weighted by molar-refractivity contribution is 5.85. The summed E-state index contributed by atoms with van der Waals surface area (Å²) in [7, 11) is 1.41. The Hall–Kier alpha value is -1.66. The summed E-state index contributed by atoms with van der Waals surface area (Å²) in [5.41, 5.74) is 7.25. The molecule has 7 heteroatoms. The predicted molar refractivity (Wildman–Crippen MR) is 67.7 cm³/mol. The first-order valence-electron chi connectivity index (χ1n) is 5.12. The van der Waals surface area contributed by atoms with Crippen LogP contribution in [0.15, 0.2) is 18.3 Å². The Kier molecular flexibility index (Phi) is 4.63. The lowest BCUT2D eigenvalue weighted by Gasteiger charge is -2.11. The fourth-order valence-electron chi connectivity index (χ4n) is 1.62. The van der Waals surface area contributed by atoms with Gasteiger partial charge in [0.2, 0.25) is 0 Å². The van der Waals surface area contributed by atoms with Gasteiger partial charge in [-0.25, -0.2) is 9.07 Å². The second-order valence-corrected chi connectivity index (χ2v) is 3.59. The molecule has 0 saturated heterocycles. The predicted octanol–water partition coefficient (Wildman–Crippen LogP) is 1.60. The van der Waals surface area contributed by atoms with E-state index < -0.39 is 5.82 Å². The minimum absolute atomic E-state index is 0. The van der Waals surface area contributed by atoms with Crippen LogP contribution in [0, 0.1) is 12.7 Å². The Morgan fingerprint density at radius 2 is 2.17 bits per heavy atom. The van der Waals surface area contributed by atoms with Crippen LogP contribution in [0.3, 0.4) is 0 Å². The number of halogens is 2. The van der Waals surface area contributed by atoms with Crippen molar-refractivity contribution in [2.24, 2.45) is 5.73 Å². The molecule has 0 fully saturated rings. The van der Waals surface area contributed by atoms with Gasteiger partial charge in [-0.1, -0.05) is 5.21 Å². The lowest BCUT2D eigenvalue weighted by molar-refractivity contribution is 0.384. The number of hydrogen-bond acceptors (Lipinski definition) is 4. The fraction of sp³-hybridized carbons (Fsp3) is 0.273. The van der Waals surface area contributed by atoms with Gasteiger partial charge >= 0.3 is 0 Å². The Morgan fingerprint density at radius 3 is 2.67 bits per heavy atom. The number of benzene rings is 1. The zero-order valence-electron chi connectivity index (χ0n) is 10.1. The monoisotopic (exact) mass is 272 g/mol. The van der Waals surface area contributed by atoms with E-state index in [1.54, 1.807) is 18.3 Å². The van der Waals surface area contributed by atoms with E-state index in [1.807, 2.05) is 6.92 Å². The minimum atomic E-state index is -0.458. The van der Waals surface area contributed by atoms with E-state index in [9.17, 15) is 4.39 Å². The molecule has 18 heavy (non-hydrogen) atoms. The third-order valence-electron chi connectivity index (χ3n) is 2.46. The number of hydrogen-bond donors (Lipinski definition) is 1. The molecule has 0 unspecified atom stereocenters. The third kappa shape index (κ3) is 2.44. The number of nitrogens with zero attached hydrogens (tertiary/aromatic N) is 3. The van der Waals surface area contributed by atoms with Crippen LogP contribution in [-0.4, -0.2) is 22.1 Å². The standard InChI is InChI=1S/C11H13FN4O.ClH/c1-7-6-16(15-14-7)9-3-4-10(17-2)11(12)8(9)5-13;/h3-4,6H,5,13H2,1-2H3;1H. The summed E-state index contributed by atoms with van der Waals surface area (Å²) < 4.78 is 20.4. The van der Waals surface area contributed by atoms with Crippen molar-refractivity contribution in [2.75, 3.05) is 7.11 Å². The molecule has 2 rings (SSSR count). The molecule has 0 aliphatic heterocycles. The quantitative estimate of drug-likeness (QED) is 0.922. The van der Waals surface area contributed by atoms with E-state index in [4.69, 9.17) is 10.5 Å². The second kappa shape index (κ2) is 5.79. The van der Waals surface area contributed by atoms with E-state index in [0.717, 1.165) is 5.69 Å². The molecule has 2 N–H and O–H groups in total. The van der Waals surface area contributed by atoms with Crippen LogP contribution in [0.4, 0.5) is 4.39 Å². The lowest BCUT2D eigenvalue weighted by atomic mass is 10.1. The van der Waals surface area contributed by atoms with Crippen LogP contribution in [0.5, 0.6) is 5.75 Å². The van der Waals surface area contributed by atoms with Gasteiger partial charge in [-0.2, -0.15) is 0 Å².